The van der Waals surface area contributed by atoms with E-state index in [-0.39, 0.29) is 5.78 Å². The Morgan fingerprint density at radius 3 is 2.59 bits per heavy atom. The molecule has 5 heteroatoms. The van der Waals surface area contributed by atoms with Gasteiger partial charge in [0.05, 0.1) is 5.75 Å². The van der Waals surface area contributed by atoms with Crippen molar-refractivity contribution in [1.82, 2.24) is 10.2 Å². The third-order valence-electron chi connectivity index (χ3n) is 4.39. The molecule has 0 aliphatic heterocycles. The largest absolute Gasteiger partial charge is 0.411 e. The van der Waals surface area contributed by atoms with E-state index in [0.717, 1.165) is 21.9 Å². The third kappa shape index (κ3) is 4.74. The molecule has 0 fully saturated rings. The lowest BCUT2D eigenvalue weighted by Gasteiger charge is -2.01. The molecule has 0 amide bonds. The summed E-state index contributed by atoms with van der Waals surface area (Å²) in [5.41, 5.74) is 1.66. The van der Waals surface area contributed by atoms with Gasteiger partial charge in [-0.3, -0.25) is 4.79 Å². The number of carbonyl (C=O) groups is 1. The second-order valence-electron chi connectivity index (χ2n) is 6.33. The number of fused-ring (bicyclic) bond motifs is 1. The number of hydrogen-bond acceptors (Lipinski definition) is 5. The van der Waals surface area contributed by atoms with E-state index >= 15 is 0 Å². The summed E-state index contributed by atoms with van der Waals surface area (Å²) in [6.07, 6.45) is 0.965. The minimum atomic E-state index is 0.115. The summed E-state index contributed by atoms with van der Waals surface area (Å²) in [6.45, 7) is 0. The van der Waals surface area contributed by atoms with E-state index < -0.39 is 0 Å². The summed E-state index contributed by atoms with van der Waals surface area (Å²) in [4.78, 5) is 12.0. The lowest BCUT2D eigenvalue weighted by molar-refractivity contribution is 0.0984. The average molecular weight is 398 g/mol. The van der Waals surface area contributed by atoms with Gasteiger partial charge in [0, 0.05) is 24.0 Å². The number of thioether (sulfide) groups is 1. The maximum Gasteiger partial charge on any atom is 0.277 e. The van der Waals surface area contributed by atoms with Crippen LogP contribution in [0.15, 0.2) is 82.4 Å². The first-order valence-corrected chi connectivity index (χ1v) is 10.3. The van der Waals surface area contributed by atoms with Crippen LogP contribution in [0.1, 0.15) is 23.2 Å². The van der Waals surface area contributed by atoms with E-state index in [1.807, 2.05) is 60.7 Å². The van der Waals surface area contributed by atoms with Crippen LogP contribution in [0.25, 0.3) is 22.2 Å². The first-order chi connectivity index (χ1) is 14.3. The molecule has 0 unspecified atom stereocenters. The zero-order valence-corrected chi connectivity index (χ0v) is 16.5. The monoisotopic (exact) mass is 398 g/mol. The second kappa shape index (κ2) is 9.22. The van der Waals surface area contributed by atoms with Crippen molar-refractivity contribution in [2.24, 2.45) is 0 Å². The SMILES string of the molecule is O=C(CCC#CCSc1nnc(-c2cccc3ccccc23)o1)c1ccccc1. The van der Waals surface area contributed by atoms with Crippen LogP contribution in [-0.2, 0) is 0 Å². The molecule has 0 N–H and O–H groups in total. The molecule has 0 saturated carbocycles. The lowest BCUT2D eigenvalue weighted by Crippen LogP contribution is -1.97. The Bertz CT molecular complexity index is 1180. The van der Waals surface area contributed by atoms with Gasteiger partial charge in [0.15, 0.2) is 5.78 Å². The second-order valence-corrected chi connectivity index (χ2v) is 7.26. The van der Waals surface area contributed by atoms with Gasteiger partial charge in [-0.15, -0.1) is 16.1 Å². The predicted molar refractivity (Wildman–Crippen MR) is 116 cm³/mol. The standard InChI is InChI=1S/C24H18N2O2S/c27-22(19-11-3-1-4-12-19)16-5-2-8-17-29-24-26-25-23(28-24)21-15-9-13-18-10-6-7-14-20(18)21/h1,3-4,6-7,9-15H,5,16-17H2. The number of benzene rings is 3. The van der Waals surface area contributed by atoms with Crippen molar-refractivity contribution < 1.29 is 9.21 Å². The summed E-state index contributed by atoms with van der Waals surface area (Å²) < 4.78 is 5.80. The van der Waals surface area contributed by atoms with Crippen LogP contribution in [0.3, 0.4) is 0 Å². The molecule has 4 aromatic rings. The van der Waals surface area contributed by atoms with E-state index in [9.17, 15) is 4.79 Å². The molecule has 0 spiro atoms. The van der Waals surface area contributed by atoms with Gasteiger partial charge in [-0.05, 0) is 16.8 Å². The molecule has 4 rings (SSSR count). The third-order valence-corrected chi connectivity index (χ3v) is 5.09. The van der Waals surface area contributed by atoms with Crippen molar-refractivity contribution in [2.75, 3.05) is 5.75 Å². The fourth-order valence-corrected chi connectivity index (χ4v) is 3.50. The number of aromatic nitrogens is 2. The topological polar surface area (TPSA) is 56.0 Å². The summed E-state index contributed by atoms with van der Waals surface area (Å²) >= 11 is 1.40. The highest BCUT2D eigenvalue weighted by atomic mass is 32.2. The number of hydrogen-bond donors (Lipinski definition) is 0. The molecule has 1 heterocycles. The molecule has 0 aliphatic rings. The van der Waals surface area contributed by atoms with Crippen molar-refractivity contribution >= 4 is 28.3 Å². The normalized spacial score (nSPS) is 10.5. The maximum atomic E-state index is 12.0. The minimum absolute atomic E-state index is 0.115. The fraction of sp³-hybridized carbons (Fsp3) is 0.125. The Balaban J connectivity index is 1.31. The van der Waals surface area contributed by atoms with Crippen LogP contribution in [0.2, 0.25) is 0 Å². The zero-order valence-electron chi connectivity index (χ0n) is 15.7. The molecule has 4 nitrogen and oxygen atoms in total. The van der Waals surface area contributed by atoms with Crippen LogP contribution < -0.4 is 0 Å². The van der Waals surface area contributed by atoms with Crippen LogP contribution >= 0.6 is 11.8 Å². The lowest BCUT2D eigenvalue weighted by atomic mass is 10.0. The highest BCUT2D eigenvalue weighted by Crippen LogP contribution is 2.29. The maximum absolute atomic E-state index is 12.0. The number of Topliss-reactive ketones (excluding diaryl/α,β-unsaturated/α-hetero) is 1. The molecule has 0 saturated heterocycles. The highest BCUT2D eigenvalue weighted by Gasteiger charge is 2.11. The molecule has 0 bridgehead atoms. The summed E-state index contributed by atoms with van der Waals surface area (Å²) in [7, 11) is 0. The van der Waals surface area contributed by atoms with Gasteiger partial charge in [0.2, 0.25) is 5.89 Å². The van der Waals surface area contributed by atoms with E-state index in [1.165, 1.54) is 11.8 Å². The van der Waals surface area contributed by atoms with E-state index in [4.69, 9.17) is 4.42 Å². The Hall–Kier alpha value is -3.36. The van der Waals surface area contributed by atoms with Crippen molar-refractivity contribution in [2.45, 2.75) is 18.1 Å². The van der Waals surface area contributed by atoms with Crippen LogP contribution in [0, 0.1) is 11.8 Å². The van der Waals surface area contributed by atoms with E-state index in [2.05, 4.69) is 34.2 Å². The molecule has 0 atom stereocenters. The van der Waals surface area contributed by atoms with Gasteiger partial charge in [-0.1, -0.05) is 84.4 Å². The number of ketones is 1. The Kier molecular flexibility index (Phi) is 6.04. The summed E-state index contributed by atoms with van der Waals surface area (Å²) in [6, 6.07) is 23.4. The fourth-order valence-electron chi connectivity index (χ4n) is 2.97. The van der Waals surface area contributed by atoms with Gasteiger partial charge in [-0.2, -0.15) is 0 Å². The van der Waals surface area contributed by atoms with Gasteiger partial charge in [-0.25, -0.2) is 0 Å². The van der Waals surface area contributed by atoms with Gasteiger partial charge in [0.1, 0.15) is 0 Å². The van der Waals surface area contributed by atoms with Gasteiger partial charge in [0.25, 0.3) is 5.22 Å². The molecular formula is C24H18N2O2S. The van der Waals surface area contributed by atoms with Crippen LogP contribution in [-0.4, -0.2) is 21.7 Å². The smallest absolute Gasteiger partial charge is 0.277 e. The summed E-state index contributed by atoms with van der Waals surface area (Å²) in [5.74, 6) is 7.25. The number of carbonyl (C=O) groups excluding carboxylic acids is 1. The van der Waals surface area contributed by atoms with E-state index in [1.54, 1.807) is 0 Å². The van der Waals surface area contributed by atoms with E-state index in [0.29, 0.717) is 29.7 Å². The predicted octanol–water partition coefficient (Wildman–Crippen LogP) is 5.65. The summed E-state index contributed by atoms with van der Waals surface area (Å²) in [5, 5.41) is 11.0. The van der Waals surface area contributed by atoms with Crippen LogP contribution in [0.4, 0.5) is 0 Å². The first-order valence-electron chi connectivity index (χ1n) is 9.30. The average Bonchev–Trinajstić information content (AvgIpc) is 3.25. The first kappa shape index (κ1) is 19.0. The molecule has 1 aromatic heterocycles. The molecule has 3 aromatic carbocycles. The highest BCUT2D eigenvalue weighted by molar-refractivity contribution is 7.99. The molecule has 0 radical (unpaired) electrons. The van der Waals surface area contributed by atoms with Crippen molar-refractivity contribution in [3.05, 3.63) is 78.4 Å². The molecular weight excluding hydrogens is 380 g/mol. The minimum Gasteiger partial charge on any atom is -0.411 e. The van der Waals surface area contributed by atoms with Crippen LogP contribution in [0.5, 0.6) is 0 Å². The molecule has 29 heavy (non-hydrogen) atoms. The zero-order chi connectivity index (χ0) is 19.9. The van der Waals surface area contributed by atoms with Gasteiger partial charge < -0.3 is 4.42 Å². The van der Waals surface area contributed by atoms with Gasteiger partial charge >= 0.3 is 0 Å². The van der Waals surface area contributed by atoms with Crippen molar-refractivity contribution in [3.63, 3.8) is 0 Å². The van der Waals surface area contributed by atoms with Crippen molar-refractivity contribution in [1.29, 1.82) is 0 Å². The Labute approximate surface area is 173 Å². The molecule has 142 valence electrons. The quantitative estimate of drug-likeness (QED) is 0.239. The Morgan fingerprint density at radius 1 is 0.897 bits per heavy atom. The Morgan fingerprint density at radius 2 is 1.69 bits per heavy atom. The number of rotatable bonds is 6. The molecule has 0 aliphatic carbocycles. The van der Waals surface area contributed by atoms with Crippen molar-refractivity contribution in [3.8, 4) is 23.3 Å². The number of nitrogens with zero attached hydrogens (tertiary/aromatic N) is 2.